The van der Waals surface area contributed by atoms with Crippen molar-refractivity contribution >= 4 is 177 Å². The number of hydrogen-bond donors (Lipinski definition) is 9. The fraction of sp³-hybridized carbons (Fsp3) is 0.250. The van der Waals surface area contributed by atoms with E-state index >= 15 is 0 Å². The smallest absolute Gasteiger partial charge is 0.397 e. The largest absolute Gasteiger partial charge is 0.419 e. The molecule has 0 bridgehead atoms. The van der Waals surface area contributed by atoms with E-state index in [4.69, 9.17) is 27.9 Å². The molecule has 0 spiro atoms. The average molecular weight is 2010 g/mol. The molecular weight excluding hydrogens is 1930 g/mol. The molecule has 12 N–H and O–H groups in total. The third-order valence-corrected chi connectivity index (χ3v) is 23.7. The molecule has 0 atom stereocenters. The summed E-state index contributed by atoms with van der Waals surface area (Å²) >= 11 is 16.3. The first-order valence-electron chi connectivity index (χ1n) is 34.4. The van der Waals surface area contributed by atoms with Crippen LogP contribution < -0.4 is 72.4 Å². The Morgan fingerprint density at radius 3 is 1.27 bits per heavy atom. The highest BCUT2D eigenvalue weighted by atomic mass is 79.9. The van der Waals surface area contributed by atoms with E-state index in [0.29, 0.717) is 70.7 Å². The quantitative estimate of drug-likeness (QED) is 0.0384. The highest BCUT2D eigenvalue weighted by molar-refractivity contribution is 9.11. The van der Waals surface area contributed by atoms with Crippen LogP contribution in [0, 0.1) is 0 Å². The standard InChI is InChI=1S/C17H18BrN5O4S.C13H10BrClN4O4S.C13H11BrN4O2.C12H13BrN4O.C8H4BrNO3.C5H9N3.C4H9N.ClH/c1-17(3-4-17)21-28(26,27)11-5-12-14(13(18)6-11)20-16(25)23(15(12)24)9-10-7-19-22(2)8-10;1-18-5-7(4-16-18)6-19-12(20)9-2-8(24(15,22)23)3-10(14)11(9)17-13(19)21;1-17-6-8(5-15-17)7-18-12(19)9-3-2-4-10(14)11(9)16-13(18)20;1-17-7-8(6-16-17)5-15-12(18)9-3-2-4-10(13)11(9)14;9-5-3-1-2-4-6(5)10-8(12)13-7(4)11;1-8-4-5(2-6)3-7-8;1-4(5)2-3-4;/h5-8,21H,3-4,9H2,1-2H3,(H,20,25);2-5H,6H2,1H3,(H,17,21);2-6H,7H2,1H3,(H,16,20);2-4,6-7H,5,14H2,1H3,(H,15,18);1-3H,(H,10,12);3-4H,2,6H2,1H3;2-3,5H2,1H3;1H. The number of anilines is 1. The molecule has 0 unspecified atom stereocenters. The molecule has 2 aliphatic carbocycles. The molecule has 0 aliphatic heterocycles. The lowest BCUT2D eigenvalue weighted by Crippen LogP contribution is -2.36. The lowest BCUT2D eigenvalue weighted by molar-refractivity contribution is 0.0951. The molecule has 9 heterocycles. The van der Waals surface area contributed by atoms with Crippen molar-refractivity contribution in [3.8, 4) is 0 Å². The van der Waals surface area contributed by atoms with Crippen molar-refractivity contribution in [3.63, 3.8) is 0 Å². The second-order valence-corrected chi connectivity index (χ2v) is 35.7. The summed E-state index contributed by atoms with van der Waals surface area (Å²) in [7, 11) is 6.46. The minimum atomic E-state index is -4.02. The van der Waals surface area contributed by atoms with Gasteiger partial charge in [-0.25, -0.2) is 45.5 Å². The zero-order valence-corrected chi connectivity index (χ0v) is 74.0. The van der Waals surface area contributed by atoms with Crippen LogP contribution in [0.15, 0.2) is 216 Å². The molecule has 1 amide bonds. The molecule has 0 saturated heterocycles. The van der Waals surface area contributed by atoms with Gasteiger partial charge in [0.15, 0.2) is 0 Å². The number of aryl methyl sites for hydroxylation is 5. The Morgan fingerprint density at radius 2 is 0.880 bits per heavy atom. The number of carbonyl (C=O) groups excluding carboxylic acids is 1. The summed E-state index contributed by atoms with van der Waals surface area (Å²) in [5, 5.41) is 23.8. The molecule has 36 nitrogen and oxygen atoms in total. The maximum Gasteiger partial charge on any atom is 0.419 e. The number of nitrogen functional groups attached to an aromatic ring is 1. The van der Waals surface area contributed by atoms with Crippen molar-refractivity contribution in [2.45, 2.75) is 93.1 Å². The fourth-order valence-corrected chi connectivity index (χ4v) is 15.9. The molecule has 16 rings (SSSR count). The summed E-state index contributed by atoms with van der Waals surface area (Å²) < 4.78 is 69.5. The Morgan fingerprint density at radius 1 is 0.513 bits per heavy atom. The number of para-hydroxylation sites is 3. The normalized spacial score (nSPS) is 12.8. The van der Waals surface area contributed by atoms with Crippen LogP contribution >= 0.6 is 103 Å². The summed E-state index contributed by atoms with van der Waals surface area (Å²) in [5.74, 6) is -0.943. The number of halogens is 7. The predicted octanol–water partition coefficient (Wildman–Crippen LogP) is 7.20. The summed E-state index contributed by atoms with van der Waals surface area (Å²) in [6.45, 7) is 5.15. The molecule has 45 heteroatoms. The van der Waals surface area contributed by atoms with Crippen molar-refractivity contribution in [2.75, 3.05) is 5.73 Å². The van der Waals surface area contributed by atoms with Crippen LogP contribution in [-0.4, -0.2) is 116 Å². The van der Waals surface area contributed by atoms with E-state index in [1.165, 1.54) is 41.8 Å². The number of nitrogens with two attached hydrogens (primary N) is 3. The third-order valence-electron chi connectivity index (χ3n) is 17.5. The van der Waals surface area contributed by atoms with Crippen molar-refractivity contribution < 1.29 is 26.0 Å². The Labute approximate surface area is 715 Å². The average Bonchev–Trinajstić information content (AvgIpc) is 1.73. The van der Waals surface area contributed by atoms with Crippen molar-refractivity contribution in [1.82, 2.24) is 92.6 Å². The number of carbonyl (C=O) groups is 1. The SMILES string of the molecule is CC1(N)CC1.Cl.Cn1cc(CN)cn1.Cn1cc(CNC(=O)c2cccc(Br)c2N)cn1.Cn1cc(Cn2c(=O)[nH]c3c(Br)cc(S(=O)(=O)Cl)cc3c2=O)cn1.Cn1cc(Cn2c(=O)[nH]c3c(Br)cc(S(=O)(=O)NC4(C)CC4)cc3c2=O)cn1.Cn1cc(Cn2c(=O)[nH]c3c(Br)cccc3c2=O)cn1.O=c1[nH]c2c(Br)cccc2c(=O)o1. The Bertz CT molecular complexity index is 6830. The number of sulfonamides is 1. The lowest BCUT2D eigenvalue weighted by atomic mass is 10.1. The molecule has 2 fully saturated rings. The van der Waals surface area contributed by atoms with Crippen LogP contribution in [0.5, 0.6) is 0 Å². The van der Waals surface area contributed by atoms with E-state index in [1.54, 1.807) is 143 Å². The number of rotatable bonds is 14. The Kier molecular flexibility index (Phi) is 29.6. The number of nitrogens with zero attached hydrogens (tertiary/aromatic N) is 13. The van der Waals surface area contributed by atoms with E-state index in [9.17, 15) is 60.0 Å². The van der Waals surface area contributed by atoms with E-state index < -0.39 is 64.2 Å². The van der Waals surface area contributed by atoms with Crippen molar-refractivity contribution in [2.24, 2.45) is 46.7 Å². The van der Waals surface area contributed by atoms with Gasteiger partial charge in [0.1, 0.15) is 0 Å². The van der Waals surface area contributed by atoms with Gasteiger partial charge in [0, 0.05) is 151 Å². The zero-order chi connectivity index (χ0) is 84.6. The minimum absolute atomic E-state index is 0. The number of hydrogen-bond acceptors (Lipinski definition) is 22. The number of nitrogens with one attached hydrogen (secondary N) is 6. The topological polar surface area (TPSA) is 504 Å². The van der Waals surface area contributed by atoms with Gasteiger partial charge in [-0.3, -0.25) is 61.3 Å². The van der Waals surface area contributed by atoms with Crippen LogP contribution in [0.3, 0.4) is 0 Å². The van der Waals surface area contributed by atoms with Gasteiger partial charge in [0.2, 0.25) is 10.0 Å². The molecule has 0 radical (unpaired) electrons. The van der Waals surface area contributed by atoms with Gasteiger partial charge in [-0.2, -0.15) is 25.5 Å². The van der Waals surface area contributed by atoms with E-state index in [2.05, 4.69) is 146 Å². The molecule has 618 valence electrons. The maximum absolute atomic E-state index is 13.0. The fourth-order valence-electron chi connectivity index (χ4n) is 10.9. The van der Waals surface area contributed by atoms with Gasteiger partial charge in [0.25, 0.3) is 31.6 Å². The number of amides is 1. The number of aromatic nitrogens is 17. The highest BCUT2D eigenvalue weighted by Crippen LogP contribution is 2.37. The summed E-state index contributed by atoms with van der Waals surface area (Å²) in [6, 6.07) is 20.6. The number of aromatic amines is 4. The molecule has 9 aromatic heterocycles. The molecule has 2 saturated carbocycles. The minimum Gasteiger partial charge on any atom is -0.397 e. The predicted molar refractivity (Wildman–Crippen MR) is 461 cm³/mol. The maximum atomic E-state index is 13.0. The highest BCUT2D eigenvalue weighted by Gasteiger charge is 2.41. The van der Waals surface area contributed by atoms with E-state index in [1.807, 2.05) is 33.4 Å². The second-order valence-electron chi connectivity index (χ2n) is 27.2. The van der Waals surface area contributed by atoms with Crippen LogP contribution in [0.4, 0.5) is 5.69 Å². The summed E-state index contributed by atoms with van der Waals surface area (Å²) in [4.78, 5) is 119. The van der Waals surface area contributed by atoms with Crippen LogP contribution in [0.2, 0.25) is 0 Å². The monoisotopic (exact) mass is 2000 g/mol. The zero-order valence-electron chi connectivity index (χ0n) is 62.9. The van der Waals surface area contributed by atoms with Gasteiger partial charge < -0.3 is 41.9 Å². The second kappa shape index (κ2) is 38.1. The van der Waals surface area contributed by atoms with Crippen LogP contribution in [0.25, 0.3) is 43.6 Å². The van der Waals surface area contributed by atoms with E-state index in [-0.39, 0.29) is 85.1 Å². The van der Waals surface area contributed by atoms with Crippen LogP contribution in [-0.2, 0) is 87.0 Å². The third kappa shape index (κ3) is 23.7. The van der Waals surface area contributed by atoms with Gasteiger partial charge in [-0.15, -0.1) is 12.4 Å². The lowest BCUT2D eigenvalue weighted by Gasteiger charge is -2.13. The van der Waals surface area contributed by atoms with Gasteiger partial charge in [0.05, 0.1) is 115 Å². The molecule has 117 heavy (non-hydrogen) atoms. The summed E-state index contributed by atoms with van der Waals surface area (Å²) in [6.07, 6.45) is 21.1. The molecule has 5 aromatic carbocycles. The van der Waals surface area contributed by atoms with Crippen molar-refractivity contribution in [1.29, 1.82) is 0 Å². The Hall–Kier alpha value is -10.1. The van der Waals surface area contributed by atoms with Gasteiger partial charge >= 0.3 is 28.5 Å². The summed E-state index contributed by atoms with van der Waals surface area (Å²) in [5.41, 5.74) is 19.2. The van der Waals surface area contributed by atoms with Crippen LogP contribution in [0.1, 0.15) is 77.7 Å². The number of fused-ring (bicyclic) bond motifs is 4. The first-order valence-corrected chi connectivity index (χ1v) is 42.2. The molecule has 14 aromatic rings. The number of H-pyrrole nitrogens is 4. The van der Waals surface area contributed by atoms with E-state index in [0.717, 1.165) is 49.2 Å². The Balaban J connectivity index is 0.000000162. The van der Waals surface area contributed by atoms with Gasteiger partial charge in [-0.1, -0.05) is 18.2 Å². The van der Waals surface area contributed by atoms with Gasteiger partial charge in [-0.05, 0) is 180 Å². The molecule has 2 aliphatic rings. The first kappa shape index (κ1) is 90.8. The first-order chi connectivity index (χ1) is 54.6. The van der Waals surface area contributed by atoms with Crippen molar-refractivity contribution in [3.05, 3.63) is 280 Å². The number of benzene rings is 5. The molecular formula is C72H75Br5Cl2N22O14S2.